The van der Waals surface area contributed by atoms with Gasteiger partial charge in [-0.25, -0.2) is 8.78 Å². The summed E-state index contributed by atoms with van der Waals surface area (Å²) in [6.45, 7) is 4.73. The number of hydrogen-bond donors (Lipinski definition) is 4. The summed E-state index contributed by atoms with van der Waals surface area (Å²) >= 11 is 0. The number of piperidine rings is 1. The molecule has 3 heterocycles. The van der Waals surface area contributed by atoms with Crippen LogP contribution in [0.5, 0.6) is 5.88 Å². The van der Waals surface area contributed by atoms with Gasteiger partial charge >= 0.3 is 0 Å². The molecule has 0 amide bonds. The summed E-state index contributed by atoms with van der Waals surface area (Å²) in [5, 5.41) is 14.5. The number of anilines is 1. The van der Waals surface area contributed by atoms with Crippen molar-refractivity contribution in [2.45, 2.75) is 45.2 Å². The van der Waals surface area contributed by atoms with Gasteiger partial charge in [0, 0.05) is 31.2 Å². The van der Waals surface area contributed by atoms with Gasteiger partial charge in [-0.2, -0.15) is 9.97 Å². The molecule has 2 aromatic rings. The molecule has 0 aliphatic carbocycles. The van der Waals surface area contributed by atoms with Crippen LogP contribution in [0.2, 0.25) is 0 Å². The highest BCUT2D eigenvalue weighted by atomic mass is 19.3. The van der Waals surface area contributed by atoms with Gasteiger partial charge < -0.3 is 30.7 Å². The molecule has 2 aromatic heterocycles. The van der Waals surface area contributed by atoms with Gasteiger partial charge in [-0.15, -0.1) is 0 Å². The molecule has 1 saturated heterocycles. The van der Waals surface area contributed by atoms with E-state index in [0.717, 1.165) is 17.5 Å². The summed E-state index contributed by atoms with van der Waals surface area (Å²) in [5.74, 6) is 0.750. The third kappa shape index (κ3) is 4.64. The molecule has 29 heavy (non-hydrogen) atoms. The molecule has 1 aliphatic heterocycles. The van der Waals surface area contributed by atoms with Crippen LogP contribution < -0.4 is 15.4 Å². The van der Waals surface area contributed by atoms with Crippen molar-refractivity contribution in [1.29, 1.82) is 5.41 Å². The van der Waals surface area contributed by atoms with Crippen LogP contribution in [0, 0.1) is 5.41 Å². The molecule has 0 saturated carbocycles. The molecule has 0 bridgehead atoms. The number of hydrogen-bond acceptors (Lipinski definition) is 7. The van der Waals surface area contributed by atoms with E-state index in [4.69, 9.17) is 10.1 Å². The largest absolute Gasteiger partial charge is 0.477 e. The number of H-pyrrole nitrogens is 1. The van der Waals surface area contributed by atoms with Gasteiger partial charge in [0.1, 0.15) is 5.65 Å². The van der Waals surface area contributed by atoms with Gasteiger partial charge in [-0.3, -0.25) is 0 Å². The second kappa shape index (κ2) is 9.17. The molecular formula is C19H27F2N7O. The number of ether oxygens (including phenoxy) is 1. The van der Waals surface area contributed by atoms with Gasteiger partial charge in [0.05, 0.1) is 23.7 Å². The van der Waals surface area contributed by atoms with E-state index >= 15 is 0 Å². The summed E-state index contributed by atoms with van der Waals surface area (Å²) < 4.78 is 31.8. The van der Waals surface area contributed by atoms with Gasteiger partial charge in [0.25, 0.3) is 6.43 Å². The molecule has 10 heteroatoms. The predicted molar refractivity (Wildman–Crippen MR) is 109 cm³/mol. The zero-order valence-electron chi connectivity index (χ0n) is 16.8. The monoisotopic (exact) mass is 407 g/mol. The third-order valence-corrected chi connectivity index (χ3v) is 5.23. The van der Waals surface area contributed by atoms with Crippen molar-refractivity contribution in [1.82, 2.24) is 25.2 Å². The van der Waals surface area contributed by atoms with Crippen LogP contribution in [0.3, 0.4) is 0 Å². The van der Waals surface area contributed by atoms with Crippen LogP contribution in [-0.2, 0) is 0 Å². The Kier molecular flexibility index (Phi) is 6.63. The Hall–Kier alpha value is -2.75. The Morgan fingerprint density at radius 3 is 2.97 bits per heavy atom. The van der Waals surface area contributed by atoms with E-state index in [1.54, 1.807) is 6.20 Å². The van der Waals surface area contributed by atoms with Gasteiger partial charge in [0.2, 0.25) is 11.8 Å². The van der Waals surface area contributed by atoms with Crippen molar-refractivity contribution in [3.8, 4) is 5.88 Å². The second-order valence-electron chi connectivity index (χ2n) is 6.98. The number of alkyl halides is 2. The standard InChI is InChI=1S/C19H27F2N7O/c1-4-29-18-13-6-8-24-17(13)26-19(27-18)25-15(10-22)11(2)28(3)12-5-7-23-14(9-12)16(20)21/h6,8,10,12,14,16,22-23H,4-5,7,9H2,1-3H3,(H2,24,25,26,27)/b15-11+,22-10?/t12-,14?/m0/s1. The maximum absolute atomic E-state index is 13.1. The average Bonchev–Trinajstić information content (AvgIpc) is 3.20. The van der Waals surface area contributed by atoms with Crippen LogP contribution in [-0.4, -0.2) is 64.8 Å². The Morgan fingerprint density at radius 2 is 2.28 bits per heavy atom. The van der Waals surface area contributed by atoms with E-state index in [9.17, 15) is 8.78 Å². The van der Waals surface area contributed by atoms with Crippen LogP contribution >= 0.6 is 0 Å². The highest BCUT2D eigenvalue weighted by Crippen LogP contribution is 2.25. The fourth-order valence-corrected chi connectivity index (χ4v) is 3.50. The lowest BCUT2D eigenvalue weighted by Crippen LogP contribution is -2.49. The second-order valence-corrected chi connectivity index (χ2v) is 6.98. The molecule has 3 rings (SSSR count). The first kappa shape index (κ1) is 21.0. The molecule has 4 N–H and O–H groups in total. The van der Waals surface area contributed by atoms with E-state index in [-0.39, 0.29) is 6.04 Å². The molecule has 1 aliphatic rings. The molecule has 1 unspecified atom stereocenters. The topological polar surface area (TPSA) is 102 Å². The predicted octanol–water partition coefficient (Wildman–Crippen LogP) is 2.97. The Balaban J connectivity index is 1.83. The van der Waals surface area contributed by atoms with Crippen LogP contribution in [0.1, 0.15) is 26.7 Å². The molecule has 0 radical (unpaired) electrons. The third-order valence-electron chi connectivity index (χ3n) is 5.23. The first-order valence-corrected chi connectivity index (χ1v) is 9.65. The maximum Gasteiger partial charge on any atom is 0.253 e. The lowest BCUT2D eigenvalue weighted by molar-refractivity contribution is 0.0644. The molecule has 1 fully saturated rings. The first-order chi connectivity index (χ1) is 13.9. The minimum absolute atomic E-state index is 0.0437. The summed E-state index contributed by atoms with van der Waals surface area (Å²) in [4.78, 5) is 13.8. The smallest absolute Gasteiger partial charge is 0.253 e. The highest BCUT2D eigenvalue weighted by Gasteiger charge is 2.30. The van der Waals surface area contributed by atoms with Crippen molar-refractivity contribution < 1.29 is 13.5 Å². The van der Waals surface area contributed by atoms with Crippen LogP contribution in [0.15, 0.2) is 23.7 Å². The van der Waals surface area contributed by atoms with Crippen molar-refractivity contribution in [3.05, 3.63) is 23.7 Å². The molecule has 2 atom stereocenters. The minimum Gasteiger partial charge on any atom is -0.477 e. The summed E-state index contributed by atoms with van der Waals surface area (Å²) in [5.41, 5.74) is 1.88. The van der Waals surface area contributed by atoms with Crippen molar-refractivity contribution in [2.24, 2.45) is 0 Å². The summed E-state index contributed by atoms with van der Waals surface area (Å²) in [6, 6.07) is 0.984. The fraction of sp³-hybridized carbons (Fsp3) is 0.526. The number of rotatable bonds is 8. The quantitative estimate of drug-likeness (QED) is 0.502. The number of halogens is 2. The van der Waals surface area contributed by atoms with E-state index in [1.807, 2.05) is 31.9 Å². The lowest BCUT2D eigenvalue weighted by atomic mass is 9.98. The maximum atomic E-state index is 13.1. The van der Waals surface area contributed by atoms with Crippen LogP contribution in [0.4, 0.5) is 14.7 Å². The van der Waals surface area contributed by atoms with Crippen molar-refractivity contribution >= 4 is 23.2 Å². The number of aromatic nitrogens is 3. The van der Waals surface area contributed by atoms with Gasteiger partial charge in [-0.1, -0.05) is 0 Å². The molecule has 158 valence electrons. The fourth-order valence-electron chi connectivity index (χ4n) is 3.50. The summed E-state index contributed by atoms with van der Waals surface area (Å²) in [7, 11) is 1.86. The number of fused-ring (bicyclic) bond motifs is 1. The van der Waals surface area contributed by atoms with E-state index in [2.05, 4.69) is 25.6 Å². The minimum atomic E-state index is -2.39. The number of nitrogens with zero attached hydrogens (tertiary/aromatic N) is 3. The first-order valence-electron chi connectivity index (χ1n) is 9.65. The summed E-state index contributed by atoms with van der Waals surface area (Å²) in [6.07, 6.45) is 1.64. The molecule has 8 nitrogen and oxygen atoms in total. The van der Waals surface area contributed by atoms with Crippen LogP contribution in [0.25, 0.3) is 11.0 Å². The molecule has 0 spiro atoms. The lowest BCUT2D eigenvalue weighted by Gasteiger charge is -2.37. The van der Waals surface area contributed by atoms with Gasteiger partial charge in [-0.05, 0) is 39.3 Å². The number of aromatic amines is 1. The number of nitrogens with one attached hydrogen (secondary N) is 4. The van der Waals surface area contributed by atoms with Crippen molar-refractivity contribution in [2.75, 3.05) is 25.5 Å². The van der Waals surface area contributed by atoms with Crippen molar-refractivity contribution in [3.63, 3.8) is 0 Å². The van der Waals surface area contributed by atoms with Gasteiger partial charge in [0.15, 0.2) is 0 Å². The van der Waals surface area contributed by atoms with E-state index in [0.29, 0.717) is 42.7 Å². The van der Waals surface area contributed by atoms with E-state index < -0.39 is 12.5 Å². The normalized spacial score (nSPS) is 20.5. The average molecular weight is 407 g/mol. The Labute approximate surface area is 168 Å². The zero-order valence-corrected chi connectivity index (χ0v) is 16.8. The highest BCUT2D eigenvalue weighted by molar-refractivity contribution is 5.84. The molecular weight excluding hydrogens is 380 g/mol. The SMILES string of the molecule is CCOc1nc(N/C(C=N)=C(\C)N(C)[C@H]2CCNC(C(F)F)C2)nc2[nH]ccc12. The zero-order chi connectivity index (χ0) is 21.0. The Bertz CT molecular complexity index is 883. The Morgan fingerprint density at radius 1 is 1.48 bits per heavy atom. The molecule has 0 aromatic carbocycles. The van der Waals surface area contributed by atoms with E-state index in [1.165, 1.54) is 6.21 Å². The number of allylic oxidation sites excluding steroid dienone is 2.